The quantitative estimate of drug-likeness (QED) is 0.778. The molecule has 0 aromatic rings. The van der Waals surface area contributed by atoms with Gasteiger partial charge in [-0.2, -0.15) is 10.2 Å². The van der Waals surface area contributed by atoms with E-state index in [4.69, 9.17) is 0 Å². The van der Waals surface area contributed by atoms with E-state index < -0.39 is 11.1 Å². The first kappa shape index (κ1) is 19.1. The van der Waals surface area contributed by atoms with Gasteiger partial charge in [0.2, 0.25) is 0 Å². The average molecular weight is 327 g/mol. The highest BCUT2D eigenvalue weighted by Crippen LogP contribution is 2.19. The van der Waals surface area contributed by atoms with Crippen LogP contribution in [-0.4, -0.2) is 48.9 Å². The first-order chi connectivity index (χ1) is 8.42. The summed E-state index contributed by atoms with van der Waals surface area (Å²) in [5, 5.41) is 15.4. The molecule has 2 heterocycles. The molecule has 8 heteroatoms. The zero-order chi connectivity index (χ0) is 13.2. The van der Waals surface area contributed by atoms with E-state index in [-0.39, 0.29) is 27.7 Å². The summed E-state index contributed by atoms with van der Waals surface area (Å²) in [5.74, 6) is 1.84. The number of hydrogen-bond donors (Lipinski definition) is 2. The molecule has 0 saturated carbocycles. The number of rotatable bonds is 4. The maximum Gasteiger partial charge on any atom is 0.133 e. The zero-order valence-corrected chi connectivity index (χ0v) is 14.1. The highest BCUT2D eigenvalue weighted by molar-refractivity contribution is 5.93. The van der Waals surface area contributed by atoms with Crippen molar-refractivity contribution in [3.8, 4) is 0 Å². The molecule has 0 radical (unpaired) electrons. The highest BCUT2D eigenvalue weighted by Gasteiger charge is 2.31. The second-order valence-corrected chi connectivity index (χ2v) is 5.63. The Balaban J connectivity index is -0.000000902. The van der Waals surface area contributed by atoms with Gasteiger partial charge in [0.25, 0.3) is 0 Å². The maximum absolute atomic E-state index is 4.47. The number of amidine groups is 2. The molecule has 0 unspecified atom stereocenters. The van der Waals surface area contributed by atoms with E-state index in [1.165, 1.54) is 0 Å². The van der Waals surface area contributed by atoms with Crippen molar-refractivity contribution in [1.82, 2.24) is 10.6 Å². The van der Waals surface area contributed by atoms with Crippen LogP contribution in [0.15, 0.2) is 20.2 Å². The fourth-order valence-corrected chi connectivity index (χ4v) is 1.96. The number of aliphatic imine (C=N–C) groups is 2. The summed E-state index contributed by atoms with van der Waals surface area (Å²) >= 11 is 0. The van der Waals surface area contributed by atoms with Crippen LogP contribution in [-0.2, 0) is 0 Å². The van der Waals surface area contributed by atoms with Crippen LogP contribution in [0.4, 0.5) is 0 Å². The summed E-state index contributed by atoms with van der Waals surface area (Å²) < 4.78 is 0. The summed E-state index contributed by atoms with van der Waals surface area (Å²) in [5.41, 5.74) is -0.792. The number of halogens is 2. The maximum atomic E-state index is 4.47. The molecule has 20 heavy (non-hydrogen) atoms. The Kier molecular flexibility index (Phi) is 6.90. The lowest BCUT2D eigenvalue weighted by Crippen LogP contribution is -2.41. The van der Waals surface area contributed by atoms with Crippen molar-refractivity contribution in [3.05, 3.63) is 0 Å². The predicted octanol–water partition coefficient (Wildman–Crippen LogP) is 2.33. The highest BCUT2D eigenvalue weighted by atomic mass is 35.5. The van der Waals surface area contributed by atoms with E-state index in [1.807, 2.05) is 27.7 Å². The third kappa shape index (κ3) is 4.31. The van der Waals surface area contributed by atoms with E-state index in [9.17, 15) is 0 Å². The molecule has 120 valence electrons. The molecule has 0 aromatic heterocycles. The standard InChI is InChI=1S/C12H22N6.2ClH.2H2/c1-11(2,9-13-5-6-14-9)17-18-12(3,4)10-15-7-8-16-10;;;;/h5-8H2,1-4H3,(H,13,14)(H,15,16);4*1H. The number of azo groups is 1. The Morgan fingerprint density at radius 1 is 0.850 bits per heavy atom. The van der Waals surface area contributed by atoms with Crippen molar-refractivity contribution in [2.75, 3.05) is 26.2 Å². The molecule has 2 aliphatic heterocycles. The smallest absolute Gasteiger partial charge is 0.133 e. The molecule has 2 rings (SSSR count). The Hall–Kier alpha value is -0.880. The van der Waals surface area contributed by atoms with E-state index in [0.29, 0.717) is 0 Å². The van der Waals surface area contributed by atoms with Crippen molar-refractivity contribution in [1.29, 1.82) is 0 Å². The lowest BCUT2D eigenvalue weighted by atomic mass is 10.0. The Morgan fingerprint density at radius 2 is 1.20 bits per heavy atom. The molecular formula is C12H28Cl2N6. The second-order valence-electron chi connectivity index (χ2n) is 5.63. The van der Waals surface area contributed by atoms with Crippen molar-refractivity contribution in [3.63, 3.8) is 0 Å². The van der Waals surface area contributed by atoms with Gasteiger partial charge in [-0.25, -0.2) is 0 Å². The fraction of sp³-hybridized carbons (Fsp3) is 0.833. The summed E-state index contributed by atoms with van der Waals surface area (Å²) in [4.78, 5) is 8.82. The minimum atomic E-state index is -0.396. The lowest BCUT2D eigenvalue weighted by molar-refractivity contribution is 0.552. The summed E-state index contributed by atoms with van der Waals surface area (Å²) in [6.45, 7) is 11.5. The monoisotopic (exact) mass is 326 g/mol. The van der Waals surface area contributed by atoms with E-state index >= 15 is 0 Å². The topological polar surface area (TPSA) is 73.5 Å². The van der Waals surface area contributed by atoms with Crippen molar-refractivity contribution < 1.29 is 2.85 Å². The van der Waals surface area contributed by atoms with Gasteiger partial charge in [-0.1, -0.05) is 0 Å². The molecular weight excluding hydrogens is 299 g/mol. The van der Waals surface area contributed by atoms with Crippen LogP contribution in [0.25, 0.3) is 0 Å². The Bertz CT molecular complexity index is 386. The number of nitrogens with one attached hydrogen (secondary N) is 2. The summed E-state index contributed by atoms with van der Waals surface area (Å²) in [6, 6.07) is 0. The van der Waals surface area contributed by atoms with Gasteiger partial charge < -0.3 is 10.6 Å². The van der Waals surface area contributed by atoms with Crippen LogP contribution < -0.4 is 10.6 Å². The van der Waals surface area contributed by atoms with Gasteiger partial charge >= 0.3 is 0 Å². The second kappa shape index (κ2) is 7.22. The molecule has 2 aliphatic rings. The molecule has 0 fully saturated rings. The molecule has 0 bridgehead atoms. The third-order valence-electron chi connectivity index (χ3n) is 3.06. The van der Waals surface area contributed by atoms with E-state index in [2.05, 4.69) is 30.8 Å². The minimum Gasteiger partial charge on any atom is -0.370 e. The van der Waals surface area contributed by atoms with Gasteiger partial charge in [-0.15, -0.1) is 24.8 Å². The molecule has 0 saturated heterocycles. The van der Waals surface area contributed by atoms with Gasteiger partial charge in [-0.3, -0.25) is 9.98 Å². The van der Waals surface area contributed by atoms with E-state index in [0.717, 1.165) is 37.9 Å². The summed E-state index contributed by atoms with van der Waals surface area (Å²) in [7, 11) is 0. The van der Waals surface area contributed by atoms with Gasteiger partial charge in [0, 0.05) is 15.9 Å². The number of hydrogen-bond acceptors (Lipinski definition) is 6. The largest absolute Gasteiger partial charge is 0.370 e. The first-order valence-electron chi connectivity index (χ1n) is 6.43. The predicted molar refractivity (Wildman–Crippen MR) is 92.3 cm³/mol. The van der Waals surface area contributed by atoms with Gasteiger partial charge in [-0.05, 0) is 27.7 Å². The van der Waals surface area contributed by atoms with Crippen molar-refractivity contribution in [2.24, 2.45) is 20.2 Å². The van der Waals surface area contributed by atoms with Crippen LogP contribution in [0.1, 0.15) is 30.5 Å². The summed E-state index contributed by atoms with van der Waals surface area (Å²) in [6.07, 6.45) is 0. The minimum absolute atomic E-state index is 0. The SMILES string of the molecule is CC(C)(N=NC(C)(C)C1=NCCN1)C1=NCCN1.Cl.Cl.[HH].[HH]. The van der Waals surface area contributed by atoms with Crippen molar-refractivity contribution in [2.45, 2.75) is 38.8 Å². The fourth-order valence-electron chi connectivity index (χ4n) is 1.96. The first-order valence-corrected chi connectivity index (χ1v) is 6.43. The molecule has 0 aliphatic carbocycles. The van der Waals surface area contributed by atoms with Crippen LogP contribution in [0.3, 0.4) is 0 Å². The molecule has 0 spiro atoms. The van der Waals surface area contributed by atoms with Crippen molar-refractivity contribution >= 4 is 36.5 Å². The zero-order valence-electron chi connectivity index (χ0n) is 12.4. The Morgan fingerprint density at radius 3 is 1.45 bits per heavy atom. The van der Waals surface area contributed by atoms with Crippen LogP contribution in [0, 0.1) is 0 Å². The molecule has 0 aromatic carbocycles. The van der Waals surface area contributed by atoms with Gasteiger partial charge in [0.1, 0.15) is 22.7 Å². The molecule has 0 amide bonds. The normalized spacial score (nSPS) is 18.6. The average Bonchev–Trinajstić information content (AvgIpc) is 2.99. The third-order valence-corrected chi connectivity index (χ3v) is 3.06. The van der Waals surface area contributed by atoms with E-state index in [1.54, 1.807) is 0 Å². The lowest BCUT2D eigenvalue weighted by Gasteiger charge is -2.23. The van der Waals surface area contributed by atoms with Crippen LogP contribution in [0.5, 0.6) is 0 Å². The van der Waals surface area contributed by atoms with Crippen LogP contribution in [0.2, 0.25) is 0 Å². The van der Waals surface area contributed by atoms with Crippen LogP contribution >= 0.6 is 24.8 Å². The Labute approximate surface area is 135 Å². The molecule has 2 N–H and O–H groups in total. The molecule has 6 nitrogen and oxygen atoms in total. The van der Waals surface area contributed by atoms with Gasteiger partial charge in [0.05, 0.1) is 13.1 Å². The number of nitrogens with zero attached hydrogens (tertiary/aromatic N) is 4. The van der Waals surface area contributed by atoms with Gasteiger partial charge in [0.15, 0.2) is 0 Å². The molecule has 0 atom stereocenters.